The molecule has 2 heterocycles. The molecule has 100 valence electrons. The fourth-order valence-electron chi connectivity index (χ4n) is 1.88. The summed E-state index contributed by atoms with van der Waals surface area (Å²) in [5, 5.41) is 2.72. The molecular formula is C11H18N4O3. The van der Waals surface area contributed by atoms with Crippen molar-refractivity contribution in [2.45, 2.75) is 0 Å². The molecule has 7 heteroatoms. The van der Waals surface area contributed by atoms with Gasteiger partial charge in [0.25, 0.3) is 5.91 Å². The number of oxazole rings is 1. The van der Waals surface area contributed by atoms with Crippen molar-refractivity contribution in [2.24, 2.45) is 0 Å². The first-order chi connectivity index (χ1) is 8.65. The van der Waals surface area contributed by atoms with E-state index in [2.05, 4.69) is 31.6 Å². The van der Waals surface area contributed by atoms with Gasteiger partial charge in [-0.2, -0.15) is 0 Å². The Morgan fingerprint density at radius 2 is 2.17 bits per heavy atom. The Morgan fingerprint density at radius 3 is 2.78 bits per heavy atom. The third-order valence-corrected chi connectivity index (χ3v) is 3.06. The number of nitrogens with one attached hydrogen (secondary N) is 2. The van der Waals surface area contributed by atoms with Crippen LogP contribution in [0.1, 0.15) is 10.6 Å². The minimum absolute atomic E-state index is 0.0263. The van der Waals surface area contributed by atoms with Gasteiger partial charge in [0.1, 0.15) is 0 Å². The SMILES string of the molecule is CN1CCN(CCNC(=O)c2c[nH]c(=O)o2)CC1. The maximum Gasteiger partial charge on any atom is 0.416 e. The van der Waals surface area contributed by atoms with Crippen molar-refractivity contribution in [2.75, 3.05) is 46.3 Å². The van der Waals surface area contributed by atoms with E-state index in [9.17, 15) is 9.59 Å². The highest BCUT2D eigenvalue weighted by Crippen LogP contribution is 1.98. The van der Waals surface area contributed by atoms with E-state index in [0.717, 1.165) is 32.7 Å². The zero-order valence-electron chi connectivity index (χ0n) is 10.4. The van der Waals surface area contributed by atoms with Gasteiger partial charge in [0.15, 0.2) is 0 Å². The maximum atomic E-state index is 11.6. The molecule has 18 heavy (non-hydrogen) atoms. The number of hydrogen-bond acceptors (Lipinski definition) is 5. The van der Waals surface area contributed by atoms with Crippen LogP contribution in [0.5, 0.6) is 0 Å². The lowest BCUT2D eigenvalue weighted by Gasteiger charge is -2.32. The number of aromatic nitrogens is 1. The van der Waals surface area contributed by atoms with E-state index in [1.54, 1.807) is 0 Å². The molecule has 7 nitrogen and oxygen atoms in total. The predicted octanol–water partition coefficient (Wildman–Crippen LogP) is -1.05. The number of aromatic amines is 1. The van der Waals surface area contributed by atoms with Crippen LogP contribution in [0.4, 0.5) is 0 Å². The Balaban J connectivity index is 1.69. The number of carbonyl (C=O) groups excluding carboxylic acids is 1. The van der Waals surface area contributed by atoms with Crippen LogP contribution in [0.25, 0.3) is 0 Å². The summed E-state index contributed by atoms with van der Waals surface area (Å²) in [7, 11) is 2.10. The highest BCUT2D eigenvalue weighted by Gasteiger charge is 2.14. The molecule has 0 atom stereocenters. The number of piperazine rings is 1. The molecule has 0 radical (unpaired) electrons. The van der Waals surface area contributed by atoms with E-state index in [4.69, 9.17) is 0 Å². The molecule has 1 amide bonds. The molecule has 0 unspecified atom stereocenters. The van der Waals surface area contributed by atoms with Crippen LogP contribution in [-0.2, 0) is 0 Å². The Kier molecular flexibility index (Phi) is 4.16. The summed E-state index contributed by atoms with van der Waals surface area (Å²) in [6.07, 6.45) is 1.27. The van der Waals surface area contributed by atoms with Gasteiger partial charge in [-0.15, -0.1) is 0 Å². The second kappa shape index (κ2) is 5.83. The number of amides is 1. The molecule has 1 aromatic rings. The number of likely N-dealkylation sites (N-methyl/N-ethyl adjacent to an activating group) is 1. The zero-order valence-corrected chi connectivity index (χ0v) is 10.4. The molecule has 1 saturated heterocycles. The molecule has 0 aliphatic carbocycles. The van der Waals surface area contributed by atoms with Crippen LogP contribution < -0.4 is 11.1 Å². The first kappa shape index (κ1) is 12.8. The first-order valence-electron chi connectivity index (χ1n) is 6.03. The van der Waals surface area contributed by atoms with Gasteiger partial charge in [-0.25, -0.2) is 4.79 Å². The Morgan fingerprint density at radius 1 is 1.44 bits per heavy atom. The third kappa shape index (κ3) is 3.44. The molecule has 1 aromatic heterocycles. The second-order valence-corrected chi connectivity index (χ2v) is 4.44. The van der Waals surface area contributed by atoms with Crippen LogP contribution in [0.15, 0.2) is 15.4 Å². The number of nitrogens with zero attached hydrogens (tertiary/aromatic N) is 2. The molecule has 1 aliphatic heterocycles. The molecule has 0 saturated carbocycles. The predicted molar refractivity (Wildman–Crippen MR) is 65.6 cm³/mol. The van der Waals surface area contributed by atoms with Crippen LogP contribution >= 0.6 is 0 Å². The summed E-state index contributed by atoms with van der Waals surface area (Å²) in [5.74, 6) is -0.944. The van der Waals surface area contributed by atoms with E-state index in [1.807, 2.05) is 0 Å². The van der Waals surface area contributed by atoms with Crippen molar-refractivity contribution in [1.29, 1.82) is 0 Å². The number of H-pyrrole nitrogens is 1. The number of rotatable bonds is 4. The van der Waals surface area contributed by atoms with Crippen molar-refractivity contribution in [3.8, 4) is 0 Å². The normalized spacial score (nSPS) is 17.8. The fourth-order valence-corrected chi connectivity index (χ4v) is 1.88. The topological polar surface area (TPSA) is 81.6 Å². The van der Waals surface area contributed by atoms with E-state index in [-0.39, 0.29) is 11.7 Å². The highest BCUT2D eigenvalue weighted by atomic mass is 16.4. The van der Waals surface area contributed by atoms with E-state index in [1.165, 1.54) is 6.20 Å². The third-order valence-electron chi connectivity index (χ3n) is 3.06. The van der Waals surface area contributed by atoms with Crippen molar-refractivity contribution in [1.82, 2.24) is 20.1 Å². The van der Waals surface area contributed by atoms with Gasteiger partial charge >= 0.3 is 5.76 Å². The first-order valence-corrected chi connectivity index (χ1v) is 6.03. The number of hydrogen-bond donors (Lipinski definition) is 2. The van der Waals surface area contributed by atoms with Crippen molar-refractivity contribution < 1.29 is 9.21 Å². The summed E-state index contributed by atoms with van der Waals surface area (Å²) in [6.45, 7) is 5.52. The van der Waals surface area contributed by atoms with Gasteiger partial charge in [0.05, 0.1) is 6.20 Å². The Hall–Kier alpha value is -1.60. The molecule has 0 bridgehead atoms. The van der Waals surface area contributed by atoms with Gasteiger partial charge in [0.2, 0.25) is 5.76 Å². The lowest BCUT2D eigenvalue weighted by atomic mass is 10.3. The van der Waals surface area contributed by atoms with Gasteiger partial charge in [0, 0.05) is 39.3 Å². The molecular weight excluding hydrogens is 236 g/mol. The molecule has 0 spiro atoms. The summed E-state index contributed by atoms with van der Waals surface area (Å²) >= 11 is 0. The quantitative estimate of drug-likeness (QED) is 0.716. The van der Waals surface area contributed by atoms with Crippen molar-refractivity contribution in [3.63, 3.8) is 0 Å². The molecule has 0 aromatic carbocycles. The standard InChI is InChI=1S/C11H18N4O3/c1-14-4-6-15(7-5-14)3-2-12-10(16)9-8-13-11(17)18-9/h8H,2-7H2,1H3,(H,12,16)(H,13,17). The monoisotopic (exact) mass is 254 g/mol. The van der Waals surface area contributed by atoms with Crippen LogP contribution in [-0.4, -0.2) is 67.0 Å². The minimum Gasteiger partial charge on any atom is -0.403 e. The van der Waals surface area contributed by atoms with Gasteiger partial charge in [-0.1, -0.05) is 0 Å². The summed E-state index contributed by atoms with van der Waals surface area (Å²) in [5.41, 5.74) is 0. The molecule has 1 fully saturated rings. The zero-order chi connectivity index (χ0) is 13.0. The lowest BCUT2D eigenvalue weighted by Crippen LogP contribution is -2.46. The van der Waals surface area contributed by atoms with E-state index >= 15 is 0 Å². The van der Waals surface area contributed by atoms with Crippen LogP contribution in [0.2, 0.25) is 0 Å². The summed E-state index contributed by atoms with van der Waals surface area (Å²) < 4.78 is 4.66. The maximum absolute atomic E-state index is 11.6. The van der Waals surface area contributed by atoms with Gasteiger partial charge in [-0.05, 0) is 7.05 Å². The van der Waals surface area contributed by atoms with Crippen molar-refractivity contribution >= 4 is 5.91 Å². The fraction of sp³-hybridized carbons (Fsp3) is 0.636. The lowest BCUT2D eigenvalue weighted by molar-refractivity contribution is 0.0912. The molecule has 2 N–H and O–H groups in total. The smallest absolute Gasteiger partial charge is 0.403 e. The molecule has 1 aliphatic rings. The van der Waals surface area contributed by atoms with Crippen molar-refractivity contribution in [3.05, 3.63) is 22.5 Å². The average molecular weight is 254 g/mol. The minimum atomic E-state index is -0.612. The Bertz CT molecular complexity index is 445. The number of carbonyl (C=O) groups is 1. The van der Waals surface area contributed by atoms with Gasteiger partial charge < -0.3 is 14.6 Å². The second-order valence-electron chi connectivity index (χ2n) is 4.44. The summed E-state index contributed by atoms with van der Waals surface area (Å²) in [4.78, 5) is 29.2. The van der Waals surface area contributed by atoms with E-state index < -0.39 is 5.76 Å². The van der Waals surface area contributed by atoms with Gasteiger partial charge in [-0.3, -0.25) is 14.7 Å². The summed E-state index contributed by atoms with van der Waals surface area (Å²) in [6, 6.07) is 0. The highest BCUT2D eigenvalue weighted by molar-refractivity contribution is 5.90. The largest absolute Gasteiger partial charge is 0.416 e. The Labute approximate surface area is 105 Å². The van der Waals surface area contributed by atoms with Crippen LogP contribution in [0.3, 0.4) is 0 Å². The molecule has 2 rings (SSSR count). The van der Waals surface area contributed by atoms with Crippen LogP contribution in [0, 0.1) is 0 Å². The van der Waals surface area contributed by atoms with E-state index in [0.29, 0.717) is 6.54 Å². The average Bonchev–Trinajstić information content (AvgIpc) is 2.78.